The standard InChI is InChI=1S/C32H28/c1-22-11-13-26(14-12-22)30-19-27-9-5-6-10-29(27)31-20-28(21-32(30)31)25-17-15-24(16-18-25)23-7-3-2-4-8-23/h2-18,21,30-32H,19-20H2,1H3. The maximum atomic E-state index is 2.60. The zero-order valence-electron chi connectivity index (χ0n) is 18.5. The van der Waals surface area contributed by atoms with Crippen molar-refractivity contribution in [3.05, 3.63) is 137 Å². The number of benzene rings is 4. The van der Waals surface area contributed by atoms with Gasteiger partial charge in [-0.15, -0.1) is 0 Å². The van der Waals surface area contributed by atoms with E-state index in [1.54, 1.807) is 5.56 Å². The molecule has 0 aliphatic heterocycles. The molecular formula is C32H28. The van der Waals surface area contributed by atoms with E-state index in [9.17, 15) is 0 Å². The van der Waals surface area contributed by atoms with Gasteiger partial charge in [0, 0.05) is 0 Å². The molecule has 0 saturated carbocycles. The van der Waals surface area contributed by atoms with Gasteiger partial charge in [0.15, 0.2) is 0 Å². The Balaban J connectivity index is 1.36. The van der Waals surface area contributed by atoms with Crippen molar-refractivity contribution in [2.24, 2.45) is 5.92 Å². The highest BCUT2D eigenvalue weighted by Crippen LogP contribution is 2.53. The Morgan fingerprint density at radius 1 is 0.562 bits per heavy atom. The molecule has 0 heteroatoms. The predicted octanol–water partition coefficient (Wildman–Crippen LogP) is 8.19. The molecule has 2 aliphatic carbocycles. The summed E-state index contributed by atoms with van der Waals surface area (Å²) in [4.78, 5) is 0. The predicted molar refractivity (Wildman–Crippen MR) is 135 cm³/mol. The Morgan fingerprint density at radius 3 is 2.00 bits per heavy atom. The molecule has 32 heavy (non-hydrogen) atoms. The number of hydrogen-bond donors (Lipinski definition) is 0. The van der Waals surface area contributed by atoms with E-state index in [-0.39, 0.29) is 0 Å². The van der Waals surface area contributed by atoms with Crippen molar-refractivity contribution in [3.63, 3.8) is 0 Å². The summed E-state index contributed by atoms with van der Waals surface area (Å²) in [5.74, 6) is 1.70. The van der Waals surface area contributed by atoms with Crippen LogP contribution in [0.15, 0.2) is 109 Å². The molecule has 0 nitrogen and oxygen atoms in total. The number of fused-ring (bicyclic) bond motifs is 3. The molecule has 0 spiro atoms. The first-order chi connectivity index (χ1) is 15.8. The zero-order chi connectivity index (χ0) is 21.5. The Morgan fingerprint density at radius 2 is 1.22 bits per heavy atom. The van der Waals surface area contributed by atoms with Crippen LogP contribution in [0.5, 0.6) is 0 Å². The van der Waals surface area contributed by atoms with E-state index in [1.165, 1.54) is 39.0 Å². The molecule has 0 heterocycles. The van der Waals surface area contributed by atoms with Gasteiger partial charge >= 0.3 is 0 Å². The van der Waals surface area contributed by atoms with Gasteiger partial charge in [-0.2, -0.15) is 0 Å². The van der Waals surface area contributed by atoms with Crippen molar-refractivity contribution >= 4 is 5.57 Å². The third-order valence-corrected chi connectivity index (χ3v) is 7.53. The average molecular weight is 413 g/mol. The fraction of sp³-hybridized carbons (Fsp3) is 0.188. The Labute approximate surface area is 191 Å². The highest BCUT2D eigenvalue weighted by Gasteiger charge is 2.40. The van der Waals surface area contributed by atoms with Crippen LogP contribution in [0.25, 0.3) is 16.7 Å². The number of allylic oxidation sites excluding steroid dienone is 2. The van der Waals surface area contributed by atoms with Crippen LogP contribution in [0, 0.1) is 12.8 Å². The first-order valence-corrected chi connectivity index (χ1v) is 11.8. The third kappa shape index (κ3) is 3.41. The highest BCUT2D eigenvalue weighted by atomic mass is 14.4. The summed E-state index contributed by atoms with van der Waals surface area (Å²) in [5, 5.41) is 0. The van der Waals surface area contributed by atoms with E-state index in [0.717, 1.165) is 12.8 Å². The van der Waals surface area contributed by atoms with Crippen molar-refractivity contribution < 1.29 is 0 Å². The molecule has 0 bridgehead atoms. The van der Waals surface area contributed by atoms with Gasteiger partial charge in [0.2, 0.25) is 0 Å². The van der Waals surface area contributed by atoms with E-state index in [1.807, 2.05) is 0 Å². The summed E-state index contributed by atoms with van der Waals surface area (Å²) in [5.41, 5.74) is 11.4. The first-order valence-electron chi connectivity index (χ1n) is 11.8. The molecule has 4 aromatic carbocycles. The summed E-state index contributed by atoms with van der Waals surface area (Å²) in [6, 6.07) is 38.2. The van der Waals surface area contributed by atoms with Crippen LogP contribution in [0.3, 0.4) is 0 Å². The van der Waals surface area contributed by atoms with Gasteiger partial charge in [-0.05, 0) is 76.5 Å². The van der Waals surface area contributed by atoms with Crippen molar-refractivity contribution in [2.75, 3.05) is 0 Å². The topological polar surface area (TPSA) is 0 Å². The lowest BCUT2D eigenvalue weighted by molar-refractivity contribution is 0.412. The summed E-state index contributed by atoms with van der Waals surface area (Å²) >= 11 is 0. The molecule has 2 aliphatic rings. The Kier molecular flexibility index (Phi) is 4.80. The van der Waals surface area contributed by atoms with Gasteiger partial charge in [0.05, 0.1) is 0 Å². The normalized spacial score (nSPS) is 21.5. The van der Waals surface area contributed by atoms with E-state index in [2.05, 4.69) is 116 Å². The molecule has 0 radical (unpaired) electrons. The van der Waals surface area contributed by atoms with Gasteiger partial charge in [-0.3, -0.25) is 0 Å². The molecule has 3 atom stereocenters. The monoisotopic (exact) mass is 412 g/mol. The lowest BCUT2D eigenvalue weighted by Crippen LogP contribution is -2.24. The average Bonchev–Trinajstić information content (AvgIpc) is 3.31. The van der Waals surface area contributed by atoms with Gasteiger partial charge in [0.1, 0.15) is 0 Å². The van der Waals surface area contributed by atoms with Crippen molar-refractivity contribution in [3.8, 4) is 11.1 Å². The third-order valence-electron chi connectivity index (χ3n) is 7.53. The molecule has 0 saturated heterocycles. The Hall–Kier alpha value is -3.38. The molecule has 4 aromatic rings. The van der Waals surface area contributed by atoms with Crippen molar-refractivity contribution in [1.82, 2.24) is 0 Å². The number of aryl methyl sites for hydroxylation is 1. The van der Waals surface area contributed by atoms with Crippen molar-refractivity contribution in [2.45, 2.75) is 31.6 Å². The second kappa shape index (κ2) is 7.95. The van der Waals surface area contributed by atoms with Crippen LogP contribution in [0.2, 0.25) is 0 Å². The fourth-order valence-electron chi connectivity index (χ4n) is 5.83. The summed E-state index contributed by atoms with van der Waals surface area (Å²) in [6.07, 6.45) is 4.87. The quantitative estimate of drug-likeness (QED) is 0.318. The molecule has 0 aromatic heterocycles. The summed E-state index contributed by atoms with van der Waals surface area (Å²) < 4.78 is 0. The Bertz CT molecular complexity index is 1260. The SMILES string of the molecule is Cc1ccc(C2Cc3ccccc3C3CC(c4ccc(-c5ccccc5)cc4)=CC23)cc1. The fourth-order valence-corrected chi connectivity index (χ4v) is 5.83. The van der Waals surface area contributed by atoms with Gasteiger partial charge in [-0.1, -0.05) is 115 Å². The highest BCUT2D eigenvalue weighted by molar-refractivity contribution is 5.73. The second-order valence-electron chi connectivity index (χ2n) is 9.44. The molecular weight excluding hydrogens is 384 g/mol. The molecule has 0 amide bonds. The summed E-state index contributed by atoms with van der Waals surface area (Å²) in [7, 11) is 0. The number of rotatable bonds is 3. The van der Waals surface area contributed by atoms with Crippen LogP contribution in [0.1, 0.15) is 46.1 Å². The summed E-state index contributed by atoms with van der Waals surface area (Å²) in [6.45, 7) is 2.18. The molecule has 156 valence electrons. The maximum Gasteiger partial charge on any atom is -0.00495 e. The van der Waals surface area contributed by atoms with Crippen LogP contribution in [0.4, 0.5) is 0 Å². The largest absolute Gasteiger partial charge is 0.0763 e. The maximum absolute atomic E-state index is 2.60. The minimum absolute atomic E-state index is 0.552. The molecule has 0 fully saturated rings. The van der Waals surface area contributed by atoms with Gasteiger partial charge in [0.25, 0.3) is 0 Å². The van der Waals surface area contributed by atoms with E-state index in [0.29, 0.717) is 17.8 Å². The van der Waals surface area contributed by atoms with E-state index in [4.69, 9.17) is 0 Å². The number of hydrogen-bond acceptors (Lipinski definition) is 0. The second-order valence-corrected chi connectivity index (χ2v) is 9.44. The molecule has 3 unspecified atom stereocenters. The van der Waals surface area contributed by atoms with Crippen molar-refractivity contribution in [1.29, 1.82) is 0 Å². The minimum Gasteiger partial charge on any atom is -0.0763 e. The van der Waals surface area contributed by atoms with Crippen LogP contribution in [-0.4, -0.2) is 0 Å². The molecule has 6 rings (SSSR count). The van der Waals surface area contributed by atoms with Gasteiger partial charge < -0.3 is 0 Å². The molecule has 0 N–H and O–H groups in total. The lowest BCUT2D eigenvalue weighted by atomic mass is 9.68. The minimum atomic E-state index is 0.552. The van der Waals surface area contributed by atoms with Crippen LogP contribution >= 0.6 is 0 Å². The van der Waals surface area contributed by atoms with Crippen LogP contribution in [-0.2, 0) is 6.42 Å². The first kappa shape index (κ1) is 19.3. The van der Waals surface area contributed by atoms with E-state index < -0.39 is 0 Å². The van der Waals surface area contributed by atoms with Gasteiger partial charge in [-0.25, -0.2) is 0 Å². The van der Waals surface area contributed by atoms with E-state index >= 15 is 0 Å². The lowest BCUT2D eigenvalue weighted by Gasteiger charge is -2.36. The smallest absolute Gasteiger partial charge is 0.00495 e. The van der Waals surface area contributed by atoms with Crippen LogP contribution < -0.4 is 0 Å². The zero-order valence-corrected chi connectivity index (χ0v) is 18.5.